The number of methoxy groups -OCH3 is 1. The Morgan fingerprint density at radius 1 is 1.12 bits per heavy atom. The fraction of sp³-hybridized carbons (Fsp3) is 0.182. The van der Waals surface area contributed by atoms with Crippen LogP contribution in [0.3, 0.4) is 0 Å². The molecule has 0 fully saturated rings. The normalized spacial score (nSPS) is 10.8. The summed E-state index contributed by atoms with van der Waals surface area (Å²) >= 11 is 2.61. The highest BCUT2D eigenvalue weighted by Crippen LogP contribution is 2.28. The number of nitrogens with one attached hydrogen (secondary N) is 2. The van der Waals surface area contributed by atoms with E-state index in [1.165, 1.54) is 27.8 Å². The molecule has 0 aliphatic carbocycles. The molecule has 0 saturated carbocycles. The van der Waals surface area contributed by atoms with Gasteiger partial charge in [0, 0.05) is 12.7 Å². The van der Waals surface area contributed by atoms with E-state index in [0.29, 0.717) is 15.2 Å². The average molecular weight is 483 g/mol. The first kappa shape index (κ1) is 22.6. The first-order valence-corrected chi connectivity index (χ1v) is 11.8. The number of para-hydroxylation sites is 1. The summed E-state index contributed by atoms with van der Waals surface area (Å²) in [7, 11) is 3.40. The average Bonchev–Trinajstić information content (AvgIpc) is 3.36. The second-order valence-electron chi connectivity index (χ2n) is 7.00. The van der Waals surface area contributed by atoms with Crippen LogP contribution in [0.25, 0.3) is 5.69 Å². The van der Waals surface area contributed by atoms with Gasteiger partial charge in [-0.15, -0.1) is 10.2 Å². The number of carbonyl (C=O) groups is 1. The minimum atomic E-state index is -0.286. The number of amides is 1. The molecule has 2 heterocycles. The van der Waals surface area contributed by atoms with Gasteiger partial charge in [-0.1, -0.05) is 41.3 Å². The zero-order valence-corrected chi connectivity index (χ0v) is 19.9. The van der Waals surface area contributed by atoms with Crippen LogP contribution in [0.4, 0.5) is 16.5 Å². The summed E-state index contributed by atoms with van der Waals surface area (Å²) in [5.74, 6) is 0.589. The Kier molecular flexibility index (Phi) is 6.80. The number of anilines is 3. The first-order chi connectivity index (χ1) is 16.0. The monoisotopic (exact) mass is 482 g/mol. The van der Waals surface area contributed by atoms with Crippen molar-refractivity contribution in [3.8, 4) is 11.4 Å². The third kappa shape index (κ3) is 5.10. The van der Waals surface area contributed by atoms with E-state index in [1.54, 1.807) is 25.8 Å². The maximum atomic E-state index is 12.9. The van der Waals surface area contributed by atoms with Crippen LogP contribution in [0, 0.1) is 6.92 Å². The lowest BCUT2D eigenvalue weighted by atomic mass is 10.3. The van der Waals surface area contributed by atoms with Gasteiger partial charge in [-0.05, 0) is 43.3 Å². The fourth-order valence-corrected chi connectivity index (χ4v) is 4.70. The Labute approximate surface area is 198 Å². The Balaban J connectivity index is 1.38. The molecule has 2 aromatic carbocycles. The summed E-state index contributed by atoms with van der Waals surface area (Å²) in [4.78, 5) is 25.5. The standard InChI is InChI=1S/C22H22N6O3S2/c1-14-19(20(30)28(27(14)2)16-7-5-4-6-8-16)24-18(29)13-32-22-26-25-21(33-22)23-15-9-11-17(31-3)12-10-15/h4-12H,13H2,1-3H3,(H,23,25)(H,24,29). The summed E-state index contributed by atoms with van der Waals surface area (Å²) in [6, 6.07) is 16.7. The van der Waals surface area contributed by atoms with Crippen LogP contribution in [-0.4, -0.2) is 38.3 Å². The number of aromatic nitrogens is 4. The van der Waals surface area contributed by atoms with Gasteiger partial charge in [-0.3, -0.25) is 14.3 Å². The van der Waals surface area contributed by atoms with E-state index in [-0.39, 0.29) is 22.9 Å². The fourth-order valence-electron chi connectivity index (χ4n) is 3.13. The lowest BCUT2D eigenvalue weighted by molar-refractivity contribution is -0.113. The second-order valence-corrected chi connectivity index (χ2v) is 9.20. The molecule has 0 spiro atoms. The third-order valence-corrected chi connectivity index (χ3v) is 6.87. The Morgan fingerprint density at radius 2 is 1.85 bits per heavy atom. The maximum Gasteiger partial charge on any atom is 0.295 e. The molecule has 0 aliphatic heterocycles. The van der Waals surface area contributed by atoms with Gasteiger partial charge in [0.25, 0.3) is 5.56 Å². The van der Waals surface area contributed by atoms with Gasteiger partial charge >= 0.3 is 0 Å². The van der Waals surface area contributed by atoms with Gasteiger partial charge in [0.2, 0.25) is 11.0 Å². The summed E-state index contributed by atoms with van der Waals surface area (Å²) in [6.07, 6.45) is 0. The van der Waals surface area contributed by atoms with E-state index in [0.717, 1.165) is 17.1 Å². The molecule has 0 unspecified atom stereocenters. The highest BCUT2D eigenvalue weighted by molar-refractivity contribution is 8.01. The molecule has 33 heavy (non-hydrogen) atoms. The van der Waals surface area contributed by atoms with Crippen LogP contribution in [-0.2, 0) is 11.8 Å². The van der Waals surface area contributed by atoms with E-state index in [9.17, 15) is 9.59 Å². The lowest BCUT2D eigenvalue weighted by Gasteiger charge is -2.07. The molecule has 0 atom stereocenters. The van der Waals surface area contributed by atoms with E-state index in [1.807, 2.05) is 54.6 Å². The number of hydrogen-bond donors (Lipinski definition) is 2. The number of carbonyl (C=O) groups excluding carboxylic acids is 1. The summed E-state index contributed by atoms with van der Waals surface area (Å²) in [5.41, 5.74) is 2.25. The molecular weight excluding hydrogens is 460 g/mol. The summed E-state index contributed by atoms with van der Waals surface area (Å²) in [6.45, 7) is 1.80. The number of nitrogens with zero attached hydrogens (tertiary/aromatic N) is 4. The smallest absolute Gasteiger partial charge is 0.295 e. The quantitative estimate of drug-likeness (QED) is 0.368. The van der Waals surface area contributed by atoms with Crippen LogP contribution >= 0.6 is 23.1 Å². The molecule has 9 nitrogen and oxygen atoms in total. The molecule has 4 aromatic rings. The zero-order chi connectivity index (χ0) is 23.4. The first-order valence-electron chi connectivity index (χ1n) is 9.97. The Bertz CT molecular complexity index is 1310. The molecular formula is C22H22N6O3S2. The largest absolute Gasteiger partial charge is 0.497 e. The van der Waals surface area contributed by atoms with Crippen LogP contribution in [0.15, 0.2) is 63.7 Å². The van der Waals surface area contributed by atoms with E-state index < -0.39 is 0 Å². The van der Waals surface area contributed by atoms with Gasteiger partial charge in [0.1, 0.15) is 11.4 Å². The van der Waals surface area contributed by atoms with E-state index >= 15 is 0 Å². The zero-order valence-electron chi connectivity index (χ0n) is 18.2. The predicted octanol–water partition coefficient (Wildman–Crippen LogP) is 3.82. The molecule has 0 radical (unpaired) electrons. The SMILES string of the molecule is COc1ccc(Nc2nnc(SCC(=O)Nc3c(C)n(C)n(-c4ccccc4)c3=O)s2)cc1. The molecule has 11 heteroatoms. The minimum Gasteiger partial charge on any atom is -0.497 e. The third-order valence-electron chi connectivity index (χ3n) is 4.89. The van der Waals surface area contributed by atoms with Gasteiger partial charge < -0.3 is 15.4 Å². The number of thioether (sulfide) groups is 1. The number of benzene rings is 2. The van der Waals surface area contributed by atoms with Crippen molar-refractivity contribution in [2.24, 2.45) is 7.05 Å². The van der Waals surface area contributed by atoms with Gasteiger partial charge in [0.15, 0.2) is 4.34 Å². The second kappa shape index (κ2) is 9.92. The van der Waals surface area contributed by atoms with Crippen LogP contribution in [0.2, 0.25) is 0 Å². The van der Waals surface area contributed by atoms with Gasteiger partial charge in [-0.25, -0.2) is 4.68 Å². The van der Waals surface area contributed by atoms with Crippen LogP contribution in [0.1, 0.15) is 5.69 Å². The topological polar surface area (TPSA) is 103 Å². The van der Waals surface area contributed by atoms with Crippen LogP contribution < -0.4 is 20.9 Å². The van der Waals surface area contributed by atoms with Crippen molar-refractivity contribution < 1.29 is 9.53 Å². The van der Waals surface area contributed by atoms with Crippen LogP contribution in [0.5, 0.6) is 5.75 Å². The predicted molar refractivity (Wildman–Crippen MR) is 131 cm³/mol. The molecule has 4 rings (SSSR count). The molecule has 0 aliphatic rings. The lowest BCUT2D eigenvalue weighted by Crippen LogP contribution is -2.23. The molecule has 0 bridgehead atoms. The van der Waals surface area contributed by atoms with Crippen molar-refractivity contribution in [2.75, 3.05) is 23.5 Å². The van der Waals surface area contributed by atoms with Crippen molar-refractivity contribution in [3.05, 3.63) is 70.6 Å². The summed E-state index contributed by atoms with van der Waals surface area (Å²) in [5, 5.41) is 14.8. The number of hydrogen-bond acceptors (Lipinski definition) is 8. The highest BCUT2D eigenvalue weighted by Gasteiger charge is 2.18. The van der Waals surface area contributed by atoms with Crippen molar-refractivity contribution in [1.82, 2.24) is 19.6 Å². The van der Waals surface area contributed by atoms with E-state index in [2.05, 4.69) is 20.8 Å². The van der Waals surface area contributed by atoms with Crippen molar-refractivity contribution >= 4 is 45.5 Å². The highest BCUT2D eigenvalue weighted by atomic mass is 32.2. The minimum absolute atomic E-state index is 0.107. The van der Waals surface area contributed by atoms with Crippen molar-refractivity contribution in [1.29, 1.82) is 0 Å². The number of ether oxygens (including phenoxy) is 1. The molecule has 2 aromatic heterocycles. The maximum absolute atomic E-state index is 12.9. The Hall–Kier alpha value is -3.57. The number of rotatable bonds is 8. The molecule has 2 N–H and O–H groups in total. The van der Waals surface area contributed by atoms with E-state index in [4.69, 9.17) is 4.74 Å². The van der Waals surface area contributed by atoms with Crippen molar-refractivity contribution in [3.63, 3.8) is 0 Å². The van der Waals surface area contributed by atoms with Crippen molar-refractivity contribution in [2.45, 2.75) is 11.3 Å². The molecule has 170 valence electrons. The van der Waals surface area contributed by atoms with Gasteiger partial charge in [0.05, 0.1) is 24.2 Å². The molecule has 1 amide bonds. The molecule has 0 saturated heterocycles. The van der Waals surface area contributed by atoms with Gasteiger partial charge in [-0.2, -0.15) is 0 Å². The Morgan fingerprint density at radius 3 is 2.55 bits per heavy atom. The summed E-state index contributed by atoms with van der Waals surface area (Å²) < 4.78 is 9.05.